The molecule has 3 rings (SSSR count). The molecule has 33 heavy (non-hydrogen) atoms. The van der Waals surface area contributed by atoms with E-state index in [0.29, 0.717) is 6.61 Å². The maximum absolute atomic E-state index is 13.3. The third-order valence-electron chi connectivity index (χ3n) is 4.41. The van der Waals surface area contributed by atoms with Crippen LogP contribution in [0.25, 0.3) is 0 Å². The summed E-state index contributed by atoms with van der Waals surface area (Å²) in [6.45, 7) is 1.89. The predicted octanol–water partition coefficient (Wildman–Crippen LogP) is 4.74. The summed E-state index contributed by atoms with van der Waals surface area (Å²) in [5.41, 5.74) is 3.16. The second-order valence-electron chi connectivity index (χ2n) is 6.69. The van der Waals surface area contributed by atoms with Crippen molar-refractivity contribution in [3.8, 4) is 5.75 Å². The SMILES string of the molecule is CCOc1ccc(/C=N/NC(=O)CN(c2cccc(Cl)c2Cl)S(=O)(=O)c2ccccc2)cc1. The zero-order valence-corrected chi connectivity index (χ0v) is 19.9. The maximum atomic E-state index is 13.3. The van der Waals surface area contributed by atoms with Crippen LogP contribution >= 0.6 is 23.2 Å². The van der Waals surface area contributed by atoms with E-state index in [0.717, 1.165) is 15.6 Å². The molecule has 10 heteroatoms. The molecule has 1 N–H and O–H groups in total. The van der Waals surface area contributed by atoms with E-state index < -0.39 is 22.5 Å². The monoisotopic (exact) mass is 505 g/mol. The summed E-state index contributed by atoms with van der Waals surface area (Å²) in [6.07, 6.45) is 1.44. The van der Waals surface area contributed by atoms with E-state index >= 15 is 0 Å². The van der Waals surface area contributed by atoms with Crippen LogP contribution < -0.4 is 14.5 Å². The van der Waals surface area contributed by atoms with Crippen LogP contribution in [0.2, 0.25) is 10.0 Å². The van der Waals surface area contributed by atoms with Gasteiger partial charge in [0, 0.05) is 0 Å². The third-order valence-corrected chi connectivity index (χ3v) is 7.00. The van der Waals surface area contributed by atoms with Crippen LogP contribution in [0.15, 0.2) is 82.8 Å². The number of hydrogen-bond donors (Lipinski definition) is 1. The van der Waals surface area contributed by atoms with Gasteiger partial charge in [-0.15, -0.1) is 0 Å². The van der Waals surface area contributed by atoms with E-state index in [1.54, 1.807) is 48.5 Å². The van der Waals surface area contributed by atoms with Crippen molar-refractivity contribution in [3.63, 3.8) is 0 Å². The molecule has 0 aromatic heterocycles. The molecule has 0 aliphatic carbocycles. The second kappa shape index (κ2) is 11.2. The summed E-state index contributed by atoms with van der Waals surface area (Å²) in [5.74, 6) is 0.0616. The Morgan fingerprint density at radius 2 is 1.73 bits per heavy atom. The largest absolute Gasteiger partial charge is 0.494 e. The molecule has 3 aromatic carbocycles. The predicted molar refractivity (Wildman–Crippen MR) is 131 cm³/mol. The molecule has 0 aliphatic heterocycles. The van der Waals surface area contributed by atoms with Crippen molar-refractivity contribution in [2.45, 2.75) is 11.8 Å². The van der Waals surface area contributed by atoms with Gasteiger partial charge in [0.1, 0.15) is 12.3 Å². The van der Waals surface area contributed by atoms with Gasteiger partial charge in [-0.05, 0) is 61.0 Å². The number of carbonyl (C=O) groups is 1. The first-order valence-corrected chi connectivity index (χ1v) is 12.1. The molecule has 0 atom stereocenters. The maximum Gasteiger partial charge on any atom is 0.264 e. The Labute approximate surface area is 202 Å². The van der Waals surface area contributed by atoms with E-state index in [2.05, 4.69) is 10.5 Å². The summed E-state index contributed by atoms with van der Waals surface area (Å²) < 4.78 is 32.9. The van der Waals surface area contributed by atoms with Gasteiger partial charge in [0.25, 0.3) is 15.9 Å². The van der Waals surface area contributed by atoms with E-state index in [-0.39, 0.29) is 20.6 Å². The van der Waals surface area contributed by atoms with E-state index in [4.69, 9.17) is 27.9 Å². The van der Waals surface area contributed by atoms with Crippen LogP contribution in [-0.2, 0) is 14.8 Å². The van der Waals surface area contributed by atoms with Crippen molar-refractivity contribution in [2.24, 2.45) is 5.10 Å². The van der Waals surface area contributed by atoms with Crippen molar-refractivity contribution in [3.05, 3.63) is 88.4 Å². The standard InChI is InChI=1S/C23H21Cl2N3O4S/c1-2-32-18-13-11-17(12-14-18)15-26-27-22(29)16-28(21-10-6-9-20(24)23(21)25)33(30,31)19-7-4-3-5-8-19/h3-15H,2,16H2,1H3,(H,27,29)/b26-15+. The number of sulfonamides is 1. The van der Waals surface area contributed by atoms with Gasteiger partial charge in [-0.25, -0.2) is 13.8 Å². The number of nitrogens with one attached hydrogen (secondary N) is 1. The van der Waals surface area contributed by atoms with Crippen LogP contribution in [0.4, 0.5) is 5.69 Å². The first-order chi connectivity index (χ1) is 15.8. The summed E-state index contributed by atoms with van der Waals surface area (Å²) in [7, 11) is -4.11. The van der Waals surface area contributed by atoms with Gasteiger partial charge in [0.15, 0.2) is 0 Å². The van der Waals surface area contributed by atoms with Gasteiger partial charge in [-0.3, -0.25) is 9.10 Å². The normalized spacial score (nSPS) is 11.4. The minimum atomic E-state index is -4.11. The van der Waals surface area contributed by atoms with Gasteiger partial charge < -0.3 is 4.74 Å². The molecule has 1 amide bonds. The van der Waals surface area contributed by atoms with Crippen molar-refractivity contribution in [1.82, 2.24) is 5.43 Å². The van der Waals surface area contributed by atoms with Gasteiger partial charge >= 0.3 is 0 Å². The van der Waals surface area contributed by atoms with Crippen LogP contribution in [0.1, 0.15) is 12.5 Å². The lowest BCUT2D eigenvalue weighted by atomic mass is 10.2. The lowest BCUT2D eigenvalue weighted by molar-refractivity contribution is -0.119. The highest BCUT2D eigenvalue weighted by Crippen LogP contribution is 2.35. The molecule has 0 radical (unpaired) electrons. The van der Waals surface area contributed by atoms with E-state index in [1.165, 1.54) is 30.5 Å². The molecule has 0 heterocycles. The average molecular weight is 506 g/mol. The summed E-state index contributed by atoms with van der Waals surface area (Å²) in [4.78, 5) is 12.6. The number of nitrogens with zero attached hydrogens (tertiary/aromatic N) is 2. The summed E-state index contributed by atoms with van der Waals surface area (Å²) in [6, 6.07) is 19.4. The Kier molecular flexibility index (Phi) is 8.32. The van der Waals surface area contributed by atoms with Crippen molar-refractivity contribution >= 4 is 51.0 Å². The fourth-order valence-electron chi connectivity index (χ4n) is 2.87. The van der Waals surface area contributed by atoms with Crippen LogP contribution in [-0.4, -0.2) is 33.7 Å². The third kappa shape index (κ3) is 6.25. The Bertz CT molecular complexity index is 1230. The fraction of sp³-hybridized carbons (Fsp3) is 0.130. The molecule has 172 valence electrons. The average Bonchev–Trinajstić information content (AvgIpc) is 2.81. The zero-order valence-electron chi connectivity index (χ0n) is 17.6. The molecule has 0 aliphatic rings. The molecule has 0 saturated carbocycles. The van der Waals surface area contributed by atoms with E-state index in [1.807, 2.05) is 6.92 Å². The van der Waals surface area contributed by atoms with Crippen LogP contribution in [0, 0.1) is 0 Å². The number of benzene rings is 3. The smallest absolute Gasteiger partial charge is 0.264 e. The molecule has 0 spiro atoms. The highest BCUT2D eigenvalue weighted by atomic mass is 35.5. The molecule has 0 saturated heterocycles. The molecule has 7 nitrogen and oxygen atoms in total. The number of hydrazone groups is 1. The number of rotatable bonds is 9. The van der Waals surface area contributed by atoms with Gasteiger partial charge in [-0.2, -0.15) is 5.10 Å². The number of halogens is 2. The molecule has 3 aromatic rings. The Morgan fingerprint density at radius 1 is 1.03 bits per heavy atom. The Balaban J connectivity index is 1.81. The Hall–Kier alpha value is -3.07. The minimum Gasteiger partial charge on any atom is -0.494 e. The lowest BCUT2D eigenvalue weighted by Crippen LogP contribution is -2.39. The summed E-state index contributed by atoms with van der Waals surface area (Å²) >= 11 is 12.4. The molecular formula is C23H21Cl2N3O4S. The molecule has 0 bridgehead atoms. The highest BCUT2D eigenvalue weighted by Gasteiger charge is 2.29. The minimum absolute atomic E-state index is 0.00623. The second-order valence-corrected chi connectivity index (χ2v) is 9.34. The van der Waals surface area contributed by atoms with Crippen molar-refractivity contribution < 1.29 is 17.9 Å². The van der Waals surface area contributed by atoms with Crippen molar-refractivity contribution in [2.75, 3.05) is 17.5 Å². The highest BCUT2D eigenvalue weighted by molar-refractivity contribution is 7.92. The van der Waals surface area contributed by atoms with Gasteiger partial charge in [-0.1, -0.05) is 47.5 Å². The number of anilines is 1. The van der Waals surface area contributed by atoms with Gasteiger partial charge in [0.05, 0.1) is 33.4 Å². The number of hydrogen-bond acceptors (Lipinski definition) is 5. The quantitative estimate of drug-likeness (QED) is 0.336. The molecule has 0 fully saturated rings. The van der Waals surface area contributed by atoms with Crippen molar-refractivity contribution in [1.29, 1.82) is 0 Å². The Morgan fingerprint density at radius 3 is 2.39 bits per heavy atom. The fourth-order valence-corrected chi connectivity index (χ4v) is 4.77. The zero-order chi connectivity index (χ0) is 23.8. The number of amides is 1. The molecule has 0 unspecified atom stereocenters. The topological polar surface area (TPSA) is 88.1 Å². The first-order valence-electron chi connectivity index (χ1n) is 9.89. The number of ether oxygens (including phenoxy) is 1. The summed E-state index contributed by atoms with van der Waals surface area (Å²) in [5, 5.41) is 4.09. The molecular weight excluding hydrogens is 485 g/mol. The number of carbonyl (C=O) groups excluding carboxylic acids is 1. The lowest BCUT2D eigenvalue weighted by Gasteiger charge is -2.24. The van der Waals surface area contributed by atoms with Gasteiger partial charge in [0.2, 0.25) is 0 Å². The van der Waals surface area contributed by atoms with E-state index in [9.17, 15) is 13.2 Å². The van der Waals surface area contributed by atoms with Crippen LogP contribution in [0.5, 0.6) is 5.75 Å². The first kappa shape index (κ1) is 24.6. The van der Waals surface area contributed by atoms with Crippen LogP contribution in [0.3, 0.4) is 0 Å².